The smallest absolute Gasteiger partial charge is 0.0557 e. The van der Waals surface area contributed by atoms with Crippen molar-refractivity contribution in [1.82, 2.24) is 0 Å². The Hall–Kier alpha value is -0.560. The van der Waals surface area contributed by atoms with Crippen LogP contribution in [-0.2, 0) is 0 Å². The highest BCUT2D eigenvalue weighted by Gasteiger charge is 2.51. The number of hydrogen-bond acceptors (Lipinski definition) is 1. The summed E-state index contributed by atoms with van der Waals surface area (Å²) in [6.07, 6.45) is 10.2. The van der Waals surface area contributed by atoms with Gasteiger partial charge in [-0.2, -0.15) is 0 Å². The zero-order valence-corrected chi connectivity index (χ0v) is 15.8. The molecule has 0 spiro atoms. The van der Waals surface area contributed by atoms with Crippen LogP contribution in [-0.4, -0.2) is 5.54 Å². The molecule has 0 aromatic rings. The van der Waals surface area contributed by atoms with E-state index >= 15 is 0 Å². The van der Waals surface area contributed by atoms with Gasteiger partial charge < -0.3 is 5.73 Å². The standard InChI is InChI=1S/C21H37N/c1-8-21(22)14-17(16-12-10-9-11-13-16)18(19(3,4)5)20(6,7)15(21)2/h14,16,18H,2,8-13,22H2,1,3-7H3. The Morgan fingerprint density at radius 2 is 1.73 bits per heavy atom. The Bertz CT molecular complexity index is 457. The van der Waals surface area contributed by atoms with Crippen LogP contribution in [0.15, 0.2) is 23.8 Å². The summed E-state index contributed by atoms with van der Waals surface area (Å²) in [6, 6.07) is 0. The SMILES string of the molecule is C=C1C(N)(CC)C=C(C2CCCCC2)C(C(C)(C)C)C1(C)C. The minimum Gasteiger partial charge on any atom is -0.318 e. The van der Waals surface area contributed by atoms with Crippen LogP contribution in [0.1, 0.15) is 80.1 Å². The van der Waals surface area contributed by atoms with Crippen LogP contribution in [0.25, 0.3) is 0 Å². The van der Waals surface area contributed by atoms with Crippen LogP contribution in [0.2, 0.25) is 0 Å². The van der Waals surface area contributed by atoms with Gasteiger partial charge in [0.1, 0.15) is 0 Å². The van der Waals surface area contributed by atoms with E-state index in [4.69, 9.17) is 5.73 Å². The van der Waals surface area contributed by atoms with Gasteiger partial charge in [-0.15, -0.1) is 0 Å². The highest BCUT2D eigenvalue weighted by atomic mass is 14.8. The van der Waals surface area contributed by atoms with E-state index < -0.39 is 0 Å². The molecule has 0 bridgehead atoms. The fourth-order valence-corrected chi connectivity index (χ4v) is 5.35. The second-order valence-corrected chi connectivity index (χ2v) is 9.37. The van der Waals surface area contributed by atoms with Crippen molar-refractivity contribution >= 4 is 0 Å². The van der Waals surface area contributed by atoms with Crippen molar-refractivity contribution in [2.75, 3.05) is 0 Å². The minimum absolute atomic E-state index is 0.0601. The van der Waals surface area contributed by atoms with E-state index in [1.165, 1.54) is 37.7 Å². The quantitative estimate of drug-likeness (QED) is 0.635. The molecule has 1 saturated carbocycles. The number of nitrogens with two attached hydrogens (primary N) is 1. The van der Waals surface area contributed by atoms with Gasteiger partial charge in [0, 0.05) is 0 Å². The van der Waals surface area contributed by atoms with Crippen molar-refractivity contribution in [3.8, 4) is 0 Å². The lowest BCUT2D eigenvalue weighted by atomic mass is 9.51. The molecule has 2 aliphatic rings. The average molecular weight is 304 g/mol. The summed E-state index contributed by atoms with van der Waals surface area (Å²) in [5.41, 5.74) is 9.65. The summed E-state index contributed by atoms with van der Waals surface area (Å²) in [6.45, 7) is 18.6. The Labute approximate surface area is 138 Å². The van der Waals surface area contributed by atoms with Crippen LogP contribution in [0.3, 0.4) is 0 Å². The van der Waals surface area contributed by atoms with Crippen molar-refractivity contribution in [2.45, 2.75) is 85.6 Å². The van der Waals surface area contributed by atoms with E-state index in [-0.39, 0.29) is 16.4 Å². The molecule has 126 valence electrons. The molecule has 0 heterocycles. The van der Waals surface area contributed by atoms with Gasteiger partial charge >= 0.3 is 0 Å². The molecule has 2 unspecified atom stereocenters. The molecule has 0 aliphatic heterocycles. The Morgan fingerprint density at radius 3 is 2.18 bits per heavy atom. The normalized spacial score (nSPS) is 33.7. The summed E-state index contributed by atoms with van der Waals surface area (Å²) < 4.78 is 0. The first kappa shape index (κ1) is 17.8. The van der Waals surface area contributed by atoms with E-state index in [1.54, 1.807) is 5.57 Å². The summed E-state index contributed by atoms with van der Waals surface area (Å²) in [4.78, 5) is 0. The van der Waals surface area contributed by atoms with E-state index in [0.29, 0.717) is 5.92 Å². The largest absolute Gasteiger partial charge is 0.318 e. The highest BCUT2D eigenvalue weighted by molar-refractivity contribution is 5.41. The van der Waals surface area contributed by atoms with Crippen molar-refractivity contribution in [2.24, 2.45) is 28.4 Å². The zero-order valence-electron chi connectivity index (χ0n) is 15.8. The van der Waals surface area contributed by atoms with Crippen LogP contribution >= 0.6 is 0 Å². The van der Waals surface area contributed by atoms with Crippen molar-refractivity contribution < 1.29 is 0 Å². The molecule has 2 N–H and O–H groups in total. The molecule has 1 heteroatoms. The zero-order chi connectivity index (χ0) is 16.8. The van der Waals surface area contributed by atoms with Crippen LogP contribution in [0, 0.1) is 22.7 Å². The van der Waals surface area contributed by atoms with Crippen molar-refractivity contribution in [3.63, 3.8) is 0 Å². The van der Waals surface area contributed by atoms with Crippen LogP contribution in [0.4, 0.5) is 0 Å². The number of allylic oxidation sites excluding steroid dienone is 1. The molecular formula is C21H37N. The third-order valence-electron chi connectivity index (χ3n) is 6.35. The first-order chi connectivity index (χ1) is 10.0. The van der Waals surface area contributed by atoms with Crippen LogP contribution < -0.4 is 5.73 Å². The predicted octanol–water partition coefficient (Wildman–Crippen LogP) is 5.86. The van der Waals surface area contributed by atoms with Gasteiger partial charge in [-0.3, -0.25) is 0 Å². The summed E-state index contributed by atoms with van der Waals surface area (Å²) in [5.74, 6) is 1.28. The number of hydrogen-bond donors (Lipinski definition) is 1. The lowest BCUT2D eigenvalue weighted by Gasteiger charge is -2.55. The molecule has 1 fully saturated rings. The molecule has 22 heavy (non-hydrogen) atoms. The summed E-state index contributed by atoms with van der Waals surface area (Å²) in [7, 11) is 0. The maximum Gasteiger partial charge on any atom is 0.0557 e. The highest BCUT2D eigenvalue weighted by Crippen LogP contribution is 2.57. The fraction of sp³-hybridized carbons (Fsp3) is 0.810. The fourth-order valence-electron chi connectivity index (χ4n) is 5.35. The van der Waals surface area contributed by atoms with Gasteiger partial charge in [0.05, 0.1) is 5.54 Å². The maximum absolute atomic E-state index is 6.80. The molecule has 0 aromatic carbocycles. The van der Waals surface area contributed by atoms with Crippen molar-refractivity contribution in [1.29, 1.82) is 0 Å². The van der Waals surface area contributed by atoms with Gasteiger partial charge in [0.15, 0.2) is 0 Å². The Balaban J connectivity index is 2.56. The molecule has 0 saturated heterocycles. The molecule has 1 nitrogen and oxygen atoms in total. The first-order valence-electron chi connectivity index (χ1n) is 9.25. The third kappa shape index (κ3) is 2.94. The van der Waals surface area contributed by atoms with Gasteiger partial charge in [0.2, 0.25) is 0 Å². The topological polar surface area (TPSA) is 26.0 Å². The first-order valence-corrected chi connectivity index (χ1v) is 9.25. The molecule has 0 radical (unpaired) electrons. The van der Waals surface area contributed by atoms with Gasteiger partial charge in [0.25, 0.3) is 0 Å². The molecule has 0 aromatic heterocycles. The van der Waals surface area contributed by atoms with E-state index in [2.05, 4.69) is 54.2 Å². The Morgan fingerprint density at radius 1 is 1.18 bits per heavy atom. The van der Waals surface area contributed by atoms with Crippen molar-refractivity contribution in [3.05, 3.63) is 23.8 Å². The lowest BCUT2D eigenvalue weighted by molar-refractivity contribution is 0.112. The second kappa shape index (κ2) is 5.82. The Kier molecular flexibility index (Phi) is 4.70. The average Bonchev–Trinajstić information content (AvgIpc) is 2.43. The molecule has 2 rings (SSSR count). The van der Waals surface area contributed by atoms with Gasteiger partial charge in [-0.05, 0) is 47.5 Å². The minimum atomic E-state index is -0.321. The van der Waals surface area contributed by atoms with Gasteiger partial charge in [-0.1, -0.05) is 79.0 Å². The molecule has 2 aliphatic carbocycles. The van der Waals surface area contributed by atoms with Gasteiger partial charge in [-0.25, -0.2) is 0 Å². The lowest BCUT2D eigenvalue weighted by Crippen LogP contribution is -2.53. The van der Waals surface area contributed by atoms with E-state index in [9.17, 15) is 0 Å². The molecular weight excluding hydrogens is 266 g/mol. The maximum atomic E-state index is 6.80. The third-order valence-corrected chi connectivity index (χ3v) is 6.35. The number of rotatable bonds is 2. The second-order valence-electron chi connectivity index (χ2n) is 9.37. The van der Waals surface area contributed by atoms with E-state index in [1.807, 2.05) is 0 Å². The summed E-state index contributed by atoms with van der Waals surface area (Å²) >= 11 is 0. The predicted molar refractivity (Wildman–Crippen MR) is 97.7 cm³/mol. The monoisotopic (exact) mass is 303 g/mol. The molecule has 2 atom stereocenters. The molecule has 0 amide bonds. The van der Waals surface area contributed by atoms with E-state index in [0.717, 1.165) is 12.3 Å². The summed E-state index contributed by atoms with van der Waals surface area (Å²) in [5, 5.41) is 0. The van der Waals surface area contributed by atoms with Crippen LogP contribution in [0.5, 0.6) is 0 Å².